The number of aryl methyl sites for hydroxylation is 1. The molecule has 1 aromatic rings. The quantitative estimate of drug-likeness (QED) is 0.618. The van der Waals surface area contributed by atoms with E-state index < -0.39 is 0 Å². The second kappa shape index (κ2) is 6.44. The SMILES string of the molecule is O=C1CCc2cc([N+](=O)[O-])ccc2N1CCCN1CCCC1. The molecule has 1 aromatic carbocycles. The summed E-state index contributed by atoms with van der Waals surface area (Å²) in [5.74, 6) is 0.128. The fourth-order valence-electron chi connectivity index (χ4n) is 3.36. The van der Waals surface area contributed by atoms with E-state index in [2.05, 4.69) is 4.90 Å². The van der Waals surface area contributed by atoms with Gasteiger partial charge in [0.1, 0.15) is 0 Å². The van der Waals surface area contributed by atoms with E-state index in [4.69, 9.17) is 0 Å². The zero-order chi connectivity index (χ0) is 15.5. The highest BCUT2D eigenvalue weighted by Gasteiger charge is 2.25. The smallest absolute Gasteiger partial charge is 0.269 e. The number of anilines is 1. The Morgan fingerprint density at radius 2 is 1.91 bits per heavy atom. The highest BCUT2D eigenvalue weighted by Crippen LogP contribution is 2.31. The molecule has 0 radical (unpaired) electrons. The first-order chi connectivity index (χ1) is 10.6. The zero-order valence-corrected chi connectivity index (χ0v) is 12.7. The average molecular weight is 303 g/mol. The summed E-state index contributed by atoms with van der Waals surface area (Å²) < 4.78 is 0. The topological polar surface area (TPSA) is 66.7 Å². The molecule has 0 N–H and O–H groups in total. The van der Waals surface area contributed by atoms with Gasteiger partial charge in [0.2, 0.25) is 5.91 Å². The lowest BCUT2D eigenvalue weighted by atomic mass is 10.00. The van der Waals surface area contributed by atoms with Gasteiger partial charge in [-0.25, -0.2) is 0 Å². The predicted molar refractivity (Wildman–Crippen MR) is 84.1 cm³/mol. The van der Waals surface area contributed by atoms with Crippen molar-refractivity contribution in [3.05, 3.63) is 33.9 Å². The first kappa shape index (κ1) is 15.0. The van der Waals surface area contributed by atoms with Crippen LogP contribution in [0.25, 0.3) is 0 Å². The van der Waals surface area contributed by atoms with Crippen LogP contribution in [0, 0.1) is 10.1 Å². The zero-order valence-electron chi connectivity index (χ0n) is 12.7. The second-order valence-electron chi connectivity index (χ2n) is 6.02. The second-order valence-corrected chi connectivity index (χ2v) is 6.02. The van der Waals surface area contributed by atoms with E-state index in [0.29, 0.717) is 19.4 Å². The summed E-state index contributed by atoms with van der Waals surface area (Å²) in [6.07, 6.45) is 4.53. The maximum absolute atomic E-state index is 12.2. The number of nitro benzene ring substituents is 1. The van der Waals surface area contributed by atoms with Crippen molar-refractivity contribution in [2.45, 2.75) is 32.1 Å². The van der Waals surface area contributed by atoms with Crippen LogP contribution in [0.3, 0.4) is 0 Å². The van der Waals surface area contributed by atoms with Crippen LogP contribution >= 0.6 is 0 Å². The highest BCUT2D eigenvalue weighted by molar-refractivity contribution is 5.96. The predicted octanol–water partition coefficient (Wildman–Crippen LogP) is 2.36. The lowest BCUT2D eigenvalue weighted by Crippen LogP contribution is -2.37. The number of amides is 1. The van der Waals surface area contributed by atoms with Gasteiger partial charge in [0.05, 0.1) is 4.92 Å². The molecule has 0 aromatic heterocycles. The highest BCUT2D eigenvalue weighted by atomic mass is 16.6. The molecule has 1 amide bonds. The van der Waals surface area contributed by atoms with Gasteiger partial charge >= 0.3 is 0 Å². The molecule has 0 aliphatic carbocycles. The van der Waals surface area contributed by atoms with Crippen LogP contribution in [0.4, 0.5) is 11.4 Å². The van der Waals surface area contributed by atoms with E-state index in [1.807, 2.05) is 0 Å². The molecule has 6 heteroatoms. The number of hydrogen-bond acceptors (Lipinski definition) is 4. The van der Waals surface area contributed by atoms with E-state index in [1.54, 1.807) is 17.0 Å². The number of rotatable bonds is 5. The lowest BCUT2D eigenvalue weighted by Gasteiger charge is -2.30. The molecular weight excluding hydrogens is 282 g/mol. The van der Waals surface area contributed by atoms with Crippen LogP contribution in [0.2, 0.25) is 0 Å². The first-order valence-corrected chi connectivity index (χ1v) is 7.95. The molecule has 3 rings (SSSR count). The van der Waals surface area contributed by atoms with Gasteiger partial charge < -0.3 is 9.80 Å². The van der Waals surface area contributed by atoms with Crippen molar-refractivity contribution in [2.75, 3.05) is 31.1 Å². The lowest BCUT2D eigenvalue weighted by molar-refractivity contribution is -0.384. The van der Waals surface area contributed by atoms with Crippen molar-refractivity contribution in [3.8, 4) is 0 Å². The van der Waals surface area contributed by atoms with Crippen LogP contribution in [-0.2, 0) is 11.2 Å². The average Bonchev–Trinajstić information content (AvgIpc) is 3.02. The van der Waals surface area contributed by atoms with Crippen LogP contribution in [0.1, 0.15) is 31.2 Å². The van der Waals surface area contributed by atoms with Crippen molar-refractivity contribution in [2.24, 2.45) is 0 Å². The summed E-state index contributed by atoms with van der Waals surface area (Å²) in [6, 6.07) is 4.82. The molecule has 1 fully saturated rings. The molecule has 0 saturated carbocycles. The van der Waals surface area contributed by atoms with Crippen molar-refractivity contribution in [3.63, 3.8) is 0 Å². The van der Waals surface area contributed by atoms with Crippen molar-refractivity contribution in [1.82, 2.24) is 4.90 Å². The number of likely N-dealkylation sites (tertiary alicyclic amines) is 1. The summed E-state index contributed by atoms with van der Waals surface area (Å²) in [4.78, 5) is 26.9. The van der Waals surface area contributed by atoms with Gasteiger partial charge in [0.15, 0.2) is 0 Å². The van der Waals surface area contributed by atoms with E-state index in [0.717, 1.165) is 37.3 Å². The van der Waals surface area contributed by atoms with E-state index in [9.17, 15) is 14.9 Å². The molecule has 1 saturated heterocycles. The van der Waals surface area contributed by atoms with Gasteiger partial charge in [-0.1, -0.05) is 0 Å². The van der Waals surface area contributed by atoms with Gasteiger partial charge in [-0.2, -0.15) is 0 Å². The molecule has 22 heavy (non-hydrogen) atoms. The number of carbonyl (C=O) groups is 1. The number of nitrogens with zero attached hydrogens (tertiary/aromatic N) is 3. The normalized spacial score (nSPS) is 18.5. The molecule has 6 nitrogen and oxygen atoms in total. The van der Waals surface area contributed by atoms with Crippen LogP contribution in [0.15, 0.2) is 18.2 Å². The number of nitro groups is 1. The Balaban J connectivity index is 1.68. The van der Waals surface area contributed by atoms with Crippen LogP contribution in [0.5, 0.6) is 0 Å². The standard InChI is InChI=1S/C16H21N3O3/c20-16-7-4-13-12-14(19(21)22)5-6-15(13)18(16)11-3-10-17-8-1-2-9-17/h5-6,12H,1-4,7-11H2. The van der Waals surface area contributed by atoms with Gasteiger partial charge in [0.25, 0.3) is 5.69 Å². The van der Waals surface area contributed by atoms with E-state index in [-0.39, 0.29) is 16.5 Å². The van der Waals surface area contributed by atoms with Gasteiger partial charge in [-0.3, -0.25) is 14.9 Å². The van der Waals surface area contributed by atoms with E-state index >= 15 is 0 Å². The van der Waals surface area contributed by atoms with Gasteiger partial charge in [0, 0.05) is 30.8 Å². The Morgan fingerprint density at radius 1 is 1.14 bits per heavy atom. The van der Waals surface area contributed by atoms with Crippen molar-refractivity contribution >= 4 is 17.3 Å². The third-order valence-electron chi connectivity index (χ3n) is 4.53. The number of non-ortho nitro benzene ring substituents is 1. The molecular formula is C16H21N3O3. The minimum atomic E-state index is -0.381. The first-order valence-electron chi connectivity index (χ1n) is 7.95. The van der Waals surface area contributed by atoms with Crippen molar-refractivity contribution < 1.29 is 9.72 Å². The Bertz CT molecular complexity index is 582. The Morgan fingerprint density at radius 3 is 2.64 bits per heavy atom. The van der Waals surface area contributed by atoms with Crippen LogP contribution < -0.4 is 4.90 Å². The van der Waals surface area contributed by atoms with Gasteiger partial charge in [-0.05, 0) is 56.9 Å². The largest absolute Gasteiger partial charge is 0.312 e. The van der Waals surface area contributed by atoms with Crippen molar-refractivity contribution in [1.29, 1.82) is 0 Å². The van der Waals surface area contributed by atoms with Crippen LogP contribution in [-0.4, -0.2) is 41.9 Å². The monoisotopic (exact) mass is 303 g/mol. The summed E-state index contributed by atoms with van der Waals surface area (Å²) in [5.41, 5.74) is 1.86. The Kier molecular flexibility index (Phi) is 4.38. The number of hydrogen-bond donors (Lipinski definition) is 0. The fourth-order valence-corrected chi connectivity index (χ4v) is 3.36. The molecule has 2 aliphatic rings. The maximum Gasteiger partial charge on any atom is 0.269 e. The Labute approximate surface area is 129 Å². The third-order valence-corrected chi connectivity index (χ3v) is 4.53. The molecule has 118 valence electrons. The molecule has 0 unspecified atom stereocenters. The molecule has 2 aliphatic heterocycles. The molecule has 2 heterocycles. The minimum absolute atomic E-state index is 0.102. The summed E-state index contributed by atoms with van der Waals surface area (Å²) in [6.45, 7) is 4.04. The summed E-state index contributed by atoms with van der Waals surface area (Å²) >= 11 is 0. The van der Waals surface area contributed by atoms with Gasteiger partial charge in [-0.15, -0.1) is 0 Å². The van der Waals surface area contributed by atoms with E-state index in [1.165, 1.54) is 18.9 Å². The maximum atomic E-state index is 12.2. The summed E-state index contributed by atoms with van der Waals surface area (Å²) in [5, 5.41) is 10.9. The molecule has 0 spiro atoms. The molecule has 0 atom stereocenters. The molecule has 0 bridgehead atoms. The number of carbonyl (C=O) groups excluding carboxylic acids is 1. The number of benzene rings is 1. The Hall–Kier alpha value is -1.95. The number of fused-ring (bicyclic) bond motifs is 1. The third kappa shape index (κ3) is 3.11. The summed E-state index contributed by atoms with van der Waals surface area (Å²) in [7, 11) is 0. The minimum Gasteiger partial charge on any atom is -0.312 e. The fraction of sp³-hybridized carbons (Fsp3) is 0.562.